The molecule has 1 saturated heterocycles. The Morgan fingerprint density at radius 1 is 1.46 bits per heavy atom. The largest absolute Gasteiger partial charge is 0.408 e. The molecule has 3 rings (SSSR count). The quantitative estimate of drug-likeness (QED) is 0.861. The zero-order valence-electron chi connectivity index (χ0n) is 13.5. The maximum absolute atomic E-state index is 13.8. The minimum atomic E-state index is -0.965. The van der Waals surface area contributed by atoms with E-state index in [2.05, 4.69) is 20.5 Å². The number of halogens is 1. The van der Waals surface area contributed by atoms with E-state index in [9.17, 15) is 9.18 Å². The molecule has 0 aromatic carbocycles. The molecule has 0 aliphatic carbocycles. The van der Waals surface area contributed by atoms with Crippen molar-refractivity contribution < 1.29 is 13.6 Å². The summed E-state index contributed by atoms with van der Waals surface area (Å²) in [5.74, 6) is 0.357. The molecule has 0 bridgehead atoms. The van der Waals surface area contributed by atoms with Crippen molar-refractivity contribution in [3.05, 3.63) is 36.0 Å². The Balaban J connectivity index is 1.50. The summed E-state index contributed by atoms with van der Waals surface area (Å²) in [5, 5.41) is 10.6. The molecular weight excluding hydrogens is 313 g/mol. The van der Waals surface area contributed by atoms with E-state index in [1.54, 1.807) is 18.0 Å². The second kappa shape index (κ2) is 7.37. The van der Waals surface area contributed by atoms with E-state index in [-0.39, 0.29) is 18.5 Å². The number of carbonyl (C=O) groups is 1. The zero-order valence-corrected chi connectivity index (χ0v) is 13.5. The van der Waals surface area contributed by atoms with Gasteiger partial charge in [-0.2, -0.15) is 0 Å². The van der Waals surface area contributed by atoms with Crippen LogP contribution in [0.15, 0.2) is 28.8 Å². The summed E-state index contributed by atoms with van der Waals surface area (Å²) >= 11 is 0. The molecule has 24 heavy (non-hydrogen) atoms. The van der Waals surface area contributed by atoms with Crippen LogP contribution in [0, 0.1) is 6.92 Å². The van der Waals surface area contributed by atoms with E-state index in [4.69, 9.17) is 4.42 Å². The van der Waals surface area contributed by atoms with E-state index >= 15 is 0 Å². The molecule has 0 radical (unpaired) electrons. The van der Waals surface area contributed by atoms with Crippen LogP contribution >= 0.6 is 0 Å². The van der Waals surface area contributed by atoms with Gasteiger partial charge in [-0.05, 0) is 18.6 Å². The van der Waals surface area contributed by atoms with Gasteiger partial charge >= 0.3 is 6.01 Å². The maximum atomic E-state index is 13.8. The Morgan fingerprint density at radius 2 is 2.33 bits per heavy atom. The first-order valence-electron chi connectivity index (χ1n) is 7.99. The van der Waals surface area contributed by atoms with Crippen LogP contribution in [-0.4, -0.2) is 46.4 Å². The third kappa shape index (κ3) is 4.06. The van der Waals surface area contributed by atoms with Gasteiger partial charge in [0.25, 0.3) is 0 Å². The van der Waals surface area contributed by atoms with Crippen LogP contribution in [0.3, 0.4) is 0 Å². The van der Waals surface area contributed by atoms with Crippen molar-refractivity contribution >= 4 is 11.9 Å². The minimum Gasteiger partial charge on any atom is -0.408 e. The van der Waals surface area contributed by atoms with Crippen molar-refractivity contribution in [2.75, 3.05) is 18.0 Å². The fourth-order valence-electron chi connectivity index (χ4n) is 2.80. The number of hydrogen-bond donors (Lipinski definition) is 1. The summed E-state index contributed by atoms with van der Waals surface area (Å²) in [6.45, 7) is 2.24. The van der Waals surface area contributed by atoms with Gasteiger partial charge in [-0.25, -0.2) is 4.39 Å². The molecule has 1 aliphatic rings. The molecular formula is C16H20FN5O2. The van der Waals surface area contributed by atoms with Crippen molar-refractivity contribution in [2.24, 2.45) is 0 Å². The number of pyridine rings is 1. The Bertz CT molecular complexity index is 678. The molecule has 0 unspecified atom stereocenters. The average molecular weight is 333 g/mol. The topological polar surface area (TPSA) is 84.2 Å². The number of anilines is 1. The number of carbonyl (C=O) groups excluding carboxylic acids is 1. The number of aryl methyl sites for hydroxylation is 2. The fraction of sp³-hybridized carbons (Fsp3) is 0.500. The first kappa shape index (κ1) is 16.4. The average Bonchev–Trinajstić information content (AvgIpc) is 3.17. The molecule has 1 aliphatic heterocycles. The first-order chi connectivity index (χ1) is 11.6. The van der Waals surface area contributed by atoms with Crippen molar-refractivity contribution in [2.45, 2.75) is 38.4 Å². The summed E-state index contributed by atoms with van der Waals surface area (Å²) < 4.78 is 19.1. The Kier molecular flexibility index (Phi) is 5.02. The summed E-state index contributed by atoms with van der Waals surface area (Å²) in [6, 6.07) is 5.74. The number of hydrogen-bond acceptors (Lipinski definition) is 6. The second-order valence-corrected chi connectivity index (χ2v) is 5.87. The summed E-state index contributed by atoms with van der Waals surface area (Å²) in [6.07, 6.45) is 2.00. The van der Waals surface area contributed by atoms with Crippen LogP contribution in [0.4, 0.5) is 10.4 Å². The van der Waals surface area contributed by atoms with Crippen molar-refractivity contribution in [3.8, 4) is 0 Å². The highest BCUT2D eigenvalue weighted by molar-refractivity contribution is 5.76. The summed E-state index contributed by atoms with van der Waals surface area (Å²) in [5.41, 5.74) is 0.875. The number of amides is 1. The van der Waals surface area contributed by atoms with Crippen molar-refractivity contribution in [3.63, 3.8) is 0 Å². The zero-order chi connectivity index (χ0) is 16.9. The fourth-order valence-corrected chi connectivity index (χ4v) is 2.80. The van der Waals surface area contributed by atoms with Gasteiger partial charge in [0.1, 0.15) is 6.17 Å². The lowest BCUT2D eigenvalue weighted by molar-refractivity contribution is -0.121. The summed E-state index contributed by atoms with van der Waals surface area (Å²) in [7, 11) is 0. The normalized spacial score (nSPS) is 20.3. The van der Waals surface area contributed by atoms with Gasteiger partial charge in [0.05, 0.1) is 12.6 Å². The third-order valence-electron chi connectivity index (χ3n) is 3.99. The predicted molar refractivity (Wildman–Crippen MR) is 85.2 cm³/mol. The highest BCUT2D eigenvalue weighted by Crippen LogP contribution is 2.25. The standard InChI is InChI=1S/C16H20FN5O2/c1-11-20-21-16(24-11)22-10-12(17)8-14(22)9-19-15(23)6-5-13-4-2-3-7-18-13/h2-4,7,12,14H,5-6,8-10H2,1H3,(H,19,23)/t12-,14-/m0/s1. The van der Waals surface area contributed by atoms with Crippen molar-refractivity contribution in [1.82, 2.24) is 20.5 Å². The van der Waals surface area contributed by atoms with Crippen LogP contribution in [0.25, 0.3) is 0 Å². The van der Waals surface area contributed by atoms with E-state index in [1.165, 1.54) is 0 Å². The molecule has 1 amide bonds. The molecule has 3 heterocycles. The van der Waals surface area contributed by atoms with Gasteiger partial charge in [0, 0.05) is 38.2 Å². The van der Waals surface area contributed by atoms with Crippen LogP contribution in [0.5, 0.6) is 0 Å². The Morgan fingerprint density at radius 3 is 3.04 bits per heavy atom. The van der Waals surface area contributed by atoms with Crippen LogP contribution in [-0.2, 0) is 11.2 Å². The molecule has 0 spiro atoms. The number of aromatic nitrogens is 3. The number of nitrogens with one attached hydrogen (secondary N) is 1. The van der Waals surface area contributed by atoms with Gasteiger partial charge in [0.2, 0.25) is 11.8 Å². The van der Waals surface area contributed by atoms with E-state index in [0.717, 1.165) is 5.69 Å². The molecule has 0 saturated carbocycles. The number of rotatable bonds is 6. The highest BCUT2D eigenvalue weighted by atomic mass is 19.1. The molecule has 128 valence electrons. The molecule has 2 aromatic heterocycles. The molecule has 1 N–H and O–H groups in total. The lowest BCUT2D eigenvalue weighted by atomic mass is 10.2. The van der Waals surface area contributed by atoms with Gasteiger partial charge in [0.15, 0.2) is 0 Å². The molecule has 2 atom stereocenters. The highest BCUT2D eigenvalue weighted by Gasteiger charge is 2.35. The van der Waals surface area contributed by atoms with Gasteiger partial charge < -0.3 is 14.6 Å². The maximum Gasteiger partial charge on any atom is 0.318 e. The van der Waals surface area contributed by atoms with E-state index in [1.807, 2.05) is 18.2 Å². The third-order valence-corrected chi connectivity index (χ3v) is 3.99. The second-order valence-electron chi connectivity index (χ2n) is 5.87. The van der Waals surface area contributed by atoms with E-state index in [0.29, 0.717) is 37.7 Å². The molecule has 8 heteroatoms. The van der Waals surface area contributed by atoms with Crippen molar-refractivity contribution in [1.29, 1.82) is 0 Å². The van der Waals surface area contributed by atoms with Crippen LogP contribution in [0.1, 0.15) is 24.4 Å². The first-order valence-corrected chi connectivity index (χ1v) is 7.99. The van der Waals surface area contributed by atoms with Crippen LogP contribution < -0.4 is 10.2 Å². The van der Waals surface area contributed by atoms with E-state index < -0.39 is 6.17 Å². The predicted octanol–water partition coefficient (Wildman–Crippen LogP) is 1.44. The number of nitrogens with zero attached hydrogens (tertiary/aromatic N) is 4. The number of alkyl halides is 1. The lowest BCUT2D eigenvalue weighted by Crippen LogP contribution is -2.40. The molecule has 7 nitrogen and oxygen atoms in total. The lowest BCUT2D eigenvalue weighted by Gasteiger charge is -2.22. The van der Waals surface area contributed by atoms with Crippen LogP contribution in [0.2, 0.25) is 0 Å². The molecule has 2 aromatic rings. The van der Waals surface area contributed by atoms with Gasteiger partial charge in [-0.3, -0.25) is 9.78 Å². The monoisotopic (exact) mass is 333 g/mol. The Labute approximate surface area is 139 Å². The Hall–Kier alpha value is -2.51. The van der Waals surface area contributed by atoms with Gasteiger partial charge in [-0.15, -0.1) is 5.10 Å². The smallest absolute Gasteiger partial charge is 0.318 e. The minimum absolute atomic E-state index is 0.0791. The summed E-state index contributed by atoms with van der Waals surface area (Å²) in [4.78, 5) is 17.9. The molecule has 1 fully saturated rings. The SMILES string of the molecule is Cc1nnc(N2C[C@@H](F)C[C@H]2CNC(=O)CCc2ccccn2)o1. The van der Waals surface area contributed by atoms with Gasteiger partial charge in [-0.1, -0.05) is 11.2 Å².